The minimum absolute atomic E-state index is 0.0313. The number of benzene rings is 1. The molecule has 1 N–H and O–H groups in total. The van der Waals surface area contributed by atoms with E-state index in [4.69, 9.17) is 5.11 Å². The molecule has 1 saturated heterocycles. The van der Waals surface area contributed by atoms with Gasteiger partial charge < -0.3 is 10.0 Å². The van der Waals surface area contributed by atoms with Crippen LogP contribution in [-0.4, -0.2) is 35.0 Å². The summed E-state index contributed by atoms with van der Waals surface area (Å²) >= 11 is 0. The van der Waals surface area contributed by atoms with Crippen LogP contribution in [0.2, 0.25) is 0 Å². The summed E-state index contributed by atoms with van der Waals surface area (Å²) in [5, 5.41) is 9.00. The molecule has 2 rings (SSSR count). The highest BCUT2D eigenvalue weighted by atomic mass is 16.4. The van der Waals surface area contributed by atoms with Crippen LogP contribution in [0.25, 0.3) is 0 Å². The van der Waals surface area contributed by atoms with Crippen LogP contribution in [-0.2, 0) is 4.79 Å². The van der Waals surface area contributed by atoms with Gasteiger partial charge in [0.25, 0.3) is 5.91 Å². The number of carbonyl (C=O) groups excluding carboxylic acids is 1. The SMILES string of the molecule is Cc1cc(C)c(C(=O)N2CCC(C(=O)O)CC2)c(C)c1. The molecule has 0 aromatic heterocycles. The van der Waals surface area contributed by atoms with E-state index in [1.807, 2.05) is 32.9 Å². The minimum atomic E-state index is -0.750. The Morgan fingerprint density at radius 1 is 1.10 bits per heavy atom. The summed E-state index contributed by atoms with van der Waals surface area (Å²) in [4.78, 5) is 25.3. The highest BCUT2D eigenvalue weighted by Gasteiger charge is 2.28. The molecule has 0 bridgehead atoms. The fraction of sp³-hybridized carbons (Fsp3) is 0.500. The molecule has 1 aliphatic rings. The zero-order valence-electron chi connectivity index (χ0n) is 12.3. The number of rotatable bonds is 2. The maximum atomic E-state index is 12.6. The van der Waals surface area contributed by atoms with Crippen LogP contribution in [0.15, 0.2) is 12.1 Å². The molecule has 0 atom stereocenters. The Labute approximate surface area is 119 Å². The van der Waals surface area contributed by atoms with Gasteiger partial charge in [0.1, 0.15) is 0 Å². The second-order valence-corrected chi connectivity index (χ2v) is 5.68. The van der Waals surface area contributed by atoms with E-state index in [0.29, 0.717) is 25.9 Å². The van der Waals surface area contributed by atoms with Gasteiger partial charge in [-0.2, -0.15) is 0 Å². The van der Waals surface area contributed by atoms with Crippen molar-refractivity contribution in [1.29, 1.82) is 0 Å². The number of piperidine rings is 1. The molecule has 1 aliphatic heterocycles. The quantitative estimate of drug-likeness (QED) is 0.902. The molecular formula is C16H21NO3. The zero-order valence-corrected chi connectivity index (χ0v) is 12.3. The van der Waals surface area contributed by atoms with Crippen molar-refractivity contribution in [2.45, 2.75) is 33.6 Å². The lowest BCUT2D eigenvalue weighted by Gasteiger charge is -2.31. The molecule has 1 heterocycles. The van der Waals surface area contributed by atoms with Gasteiger partial charge in [-0.25, -0.2) is 0 Å². The summed E-state index contributed by atoms with van der Waals surface area (Å²) in [5.41, 5.74) is 3.91. The summed E-state index contributed by atoms with van der Waals surface area (Å²) in [6, 6.07) is 4.04. The first kappa shape index (κ1) is 14.6. The second kappa shape index (κ2) is 5.65. The summed E-state index contributed by atoms with van der Waals surface area (Å²) < 4.78 is 0. The van der Waals surface area contributed by atoms with E-state index >= 15 is 0 Å². The number of carboxylic acid groups (broad SMARTS) is 1. The molecule has 0 spiro atoms. The number of aliphatic carboxylic acids is 1. The average Bonchev–Trinajstić information content (AvgIpc) is 2.37. The van der Waals surface area contributed by atoms with E-state index < -0.39 is 5.97 Å². The summed E-state index contributed by atoms with van der Waals surface area (Å²) in [7, 11) is 0. The van der Waals surface area contributed by atoms with Crippen molar-refractivity contribution in [3.05, 3.63) is 34.4 Å². The van der Waals surface area contributed by atoms with Crippen molar-refractivity contribution >= 4 is 11.9 Å². The number of carboxylic acids is 1. The molecule has 4 nitrogen and oxygen atoms in total. The number of amides is 1. The summed E-state index contributed by atoms with van der Waals surface area (Å²) in [6.45, 7) is 6.99. The van der Waals surface area contributed by atoms with Crippen molar-refractivity contribution in [1.82, 2.24) is 4.90 Å². The average molecular weight is 275 g/mol. The third-order valence-electron chi connectivity index (χ3n) is 4.02. The number of hydrogen-bond acceptors (Lipinski definition) is 2. The number of carbonyl (C=O) groups is 2. The molecule has 1 fully saturated rings. The highest BCUT2D eigenvalue weighted by Crippen LogP contribution is 2.23. The van der Waals surface area contributed by atoms with Crippen LogP contribution < -0.4 is 0 Å². The van der Waals surface area contributed by atoms with E-state index in [1.165, 1.54) is 0 Å². The van der Waals surface area contributed by atoms with Gasteiger partial charge in [-0.1, -0.05) is 17.7 Å². The van der Waals surface area contributed by atoms with Crippen LogP contribution in [0.5, 0.6) is 0 Å². The first-order chi connectivity index (χ1) is 9.40. The predicted octanol–water partition coefficient (Wildman–Crippen LogP) is 2.55. The molecule has 4 heteroatoms. The fourth-order valence-electron chi connectivity index (χ4n) is 3.01. The van der Waals surface area contributed by atoms with Crippen molar-refractivity contribution in [3.63, 3.8) is 0 Å². The molecule has 0 aliphatic carbocycles. The predicted molar refractivity (Wildman–Crippen MR) is 76.9 cm³/mol. The molecule has 20 heavy (non-hydrogen) atoms. The van der Waals surface area contributed by atoms with Crippen LogP contribution in [0.3, 0.4) is 0 Å². The topological polar surface area (TPSA) is 57.6 Å². The Morgan fingerprint density at radius 3 is 2.05 bits per heavy atom. The van der Waals surface area contributed by atoms with Gasteiger partial charge in [-0.15, -0.1) is 0 Å². The maximum Gasteiger partial charge on any atom is 0.306 e. The third kappa shape index (κ3) is 2.84. The van der Waals surface area contributed by atoms with Crippen LogP contribution in [0.4, 0.5) is 0 Å². The lowest BCUT2D eigenvalue weighted by Crippen LogP contribution is -2.40. The Morgan fingerprint density at radius 2 is 1.60 bits per heavy atom. The van der Waals surface area contributed by atoms with Crippen molar-refractivity contribution < 1.29 is 14.7 Å². The van der Waals surface area contributed by atoms with E-state index in [1.54, 1.807) is 4.90 Å². The second-order valence-electron chi connectivity index (χ2n) is 5.68. The molecule has 1 amide bonds. The molecule has 108 valence electrons. The van der Waals surface area contributed by atoms with Crippen molar-refractivity contribution in [3.8, 4) is 0 Å². The summed E-state index contributed by atoms with van der Waals surface area (Å²) in [6.07, 6.45) is 1.09. The van der Waals surface area contributed by atoms with Crippen molar-refractivity contribution in [2.24, 2.45) is 5.92 Å². The number of likely N-dealkylation sites (tertiary alicyclic amines) is 1. The van der Waals surface area contributed by atoms with Crippen LogP contribution in [0.1, 0.15) is 39.9 Å². The Balaban J connectivity index is 2.16. The highest BCUT2D eigenvalue weighted by molar-refractivity contribution is 5.97. The van der Waals surface area contributed by atoms with Crippen molar-refractivity contribution in [2.75, 3.05) is 13.1 Å². The Bertz CT molecular complexity index is 520. The van der Waals surface area contributed by atoms with E-state index in [0.717, 1.165) is 22.3 Å². The molecule has 0 unspecified atom stereocenters. The van der Waals surface area contributed by atoms with E-state index in [9.17, 15) is 9.59 Å². The maximum absolute atomic E-state index is 12.6. The third-order valence-corrected chi connectivity index (χ3v) is 4.02. The largest absolute Gasteiger partial charge is 0.481 e. The number of aryl methyl sites for hydroxylation is 3. The van der Waals surface area contributed by atoms with Gasteiger partial charge in [0.05, 0.1) is 5.92 Å². The first-order valence-electron chi connectivity index (χ1n) is 7.00. The van der Waals surface area contributed by atoms with Gasteiger partial charge in [0, 0.05) is 18.7 Å². The molecule has 1 aromatic carbocycles. The standard InChI is InChI=1S/C16H21NO3/c1-10-8-11(2)14(12(3)9-10)15(18)17-6-4-13(5-7-17)16(19)20/h8-9,13H,4-7H2,1-3H3,(H,19,20). The van der Waals surface area contributed by atoms with E-state index in [-0.39, 0.29) is 11.8 Å². The molecule has 0 saturated carbocycles. The van der Waals surface area contributed by atoms with Gasteiger partial charge in [-0.05, 0) is 44.7 Å². The lowest BCUT2D eigenvalue weighted by atomic mass is 9.94. The van der Waals surface area contributed by atoms with Crippen LogP contribution in [0, 0.1) is 26.7 Å². The smallest absolute Gasteiger partial charge is 0.306 e. The van der Waals surface area contributed by atoms with Gasteiger partial charge in [0.2, 0.25) is 0 Å². The number of hydrogen-bond donors (Lipinski definition) is 1. The minimum Gasteiger partial charge on any atom is -0.481 e. The summed E-state index contributed by atoms with van der Waals surface area (Å²) in [5.74, 6) is -1.03. The Kier molecular flexibility index (Phi) is 4.12. The van der Waals surface area contributed by atoms with Gasteiger partial charge in [-0.3, -0.25) is 9.59 Å². The van der Waals surface area contributed by atoms with Gasteiger partial charge in [0.15, 0.2) is 0 Å². The van der Waals surface area contributed by atoms with Crippen LogP contribution >= 0.6 is 0 Å². The first-order valence-corrected chi connectivity index (χ1v) is 7.00. The Hall–Kier alpha value is -1.84. The monoisotopic (exact) mass is 275 g/mol. The van der Waals surface area contributed by atoms with Gasteiger partial charge >= 0.3 is 5.97 Å². The number of nitrogens with zero attached hydrogens (tertiary/aromatic N) is 1. The van der Waals surface area contributed by atoms with E-state index in [2.05, 4.69) is 0 Å². The normalized spacial score (nSPS) is 16.2. The zero-order chi connectivity index (χ0) is 14.9. The molecule has 1 aromatic rings. The molecular weight excluding hydrogens is 254 g/mol. The lowest BCUT2D eigenvalue weighted by molar-refractivity contribution is -0.143. The molecule has 0 radical (unpaired) electrons. The fourth-order valence-corrected chi connectivity index (χ4v) is 3.01.